The van der Waals surface area contributed by atoms with Crippen LogP contribution in [0.25, 0.3) is 0 Å². The summed E-state index contributed by atoms with van der Waals surface area (Å²) < 4.78 is 28.7. The number of hydrogen-bond acceptors (Lipinski definition) is 5. The minimum atomic E-state index is -0.811. The number of rotatable bonds is 7. The van der Waals surface area contributed by atoms with Crippen LogP contribution in [0.15, 0.2) is 58.1 Å². The molecule has 0 saturated carbocycles. The molecular formula is C21H20F2N4O3. The quantitative estimate of drug-likeness (QED) is 0.578. The van der Waals surface area contributed by atoms with E-state index in [1.54, 1.807) is 31.2 Å². The van der Waals surface area contributed by atoms with E-state index in [0.29, 0.717) is 6.07 Å². The van der Waals surface area contributed by atoms with Crippen molar-refractivity contribution in [3.63, 3.8) is 0 Å². The maximum atomic E-state index is 13.3. The summed E-state index contributed by atoms with van der Waals surface area (Å²) in [4.78, 5) is 38.2. The first-order chi connectivity index (χ1) is 14.3. The van der Waals surface area contributed by atoms with E-state index in [4.69, 9.17) is 5.73 Å². The third-order valence-corrected chi connectivity index (χ3v) is 4.56. The molecule has 0 bridgehead atoms. The highest BCUT2D eigenvalue weighted by molar-refractivity contribution is 6.02. The number of nitrogens with one attached hydrogen (secondary N) is 1. The van der Waals surface area contributed by atoms with Crippen LogP contribution in [0.2, 0.25) is 0 Å². The van der Waals surface area contributed by atoms with E-state index in [0.717, 1.165) is 26.8 Å². The normalized spacial score (nSPS) is 10.8. The Kier molecular flexibility index (Phi) is 6.10. The first-order valence-electron chi connectivity index (χ1n) is 9.22. The van der Waals surface area contributed by atoms with Gasteiger partial charge in [-0.15, -0.1) is 0 Å². The lowest BCUT2D eigenvalue weighted by Gasteiger charge is -2.16. The summed E-state index contributed by atoms with van der Waals surface area (Å²) in [6, 6.07) is 11.7. The van der Waals surface area contributed by atoms with E-state index < -0.39 is 35.2 Å². The van der Waals surface area contributed by atoms with Crippen molar-refractivity contribution in [2.24, 2.45) is 0 Å². The number of anilines is 2. The maximum absolute atomic E-state index is 13.3. The molecule has 0 fully saturated rings. The largest absolute Gasteiger partial charge is 0.384 e. The average Bonchev–Trinajstić information content (AvgIpc) is 2.70. The van der Waals surface area contributed by atoms with Crippen molar-refractivity contribution in [3.05, 3.63) is 92.1 Å². The van der Waals surface area contributed by atoms with Crippen LogP contribution in [0.1, 0.15) is 22.8 Å². The van der Waals surface area contributed by atoms with Gasteiger partial charge in [-0.25, -0.2) is 13.6 Å². The first kappa shape index (κ1) is 21.0. The van der Waals surface area contributed by atoms with E-state index in [2.05, 4.69) is 5.32 Å². The summed E-state index contributed by atoms with van der Waals surface area (Å²) in [5, 5.41) is 2.58. The van der Waals surface area contributed by atoms with Gasteiger partial charge in [-0.2, -0.15) is 0 Å². The summed E-state index contributed by atoms with van der Waals surface area (Å²) in [6.45, 7) is 1.30. The fraction of sp³-hybridized carbons (Fsp3) is 0.190. The minimum Gasteiger partial charge on any atom is -0.384 e. The van der Waals surface area contributed by atoms with E-state index >= 15 is 0 Å². The number of benzene rings is 2. The number of ketones is 1. The molecule has 0 spiro atoms. The molecule has 0 aliphatic rings. The van der Waals surface area contributed by atoms with E-state index in [-0.39, 0.29) is 30.2 Å². The number of aromatic nitrogens is 2. The lowest BCUT2D eigenvalue weighted by atomic mass is 10.1. The van der Waals surface area contributed by atoms with Crippen LogP contribution >= 0.6 is 0 Å². The van der Waals surface area contributed by atoms with Gasteiger partial charge in [0.25, 0.3) is 5.56 Å². The molecule has 2 aromatic carbocycles. The summed E-state index contributed by atoms with van der Waals surface area (Å²) in [7, 11) is 0. The standard InChI is InChI=1S/C21H20F2N4O3/c1-2-26-20(29)18(17(28)11-25-16-9-14(22)8-15(23)10-16)19(24)27(21(26)30)12-13-6-4-3-5-7-13/h3-10,25H,2,11-12,24H2,1H3. The zero-order valence-corrected chi connectivity index (χ0v) is 16.2. The molecule has 1 aromatic heterocycles. The average molecular weight is 414 g/mol. The summed E-state index contributed by atoms with van der Waals surface area (Å²) >= 11 is 0. The maximum Gasteiger partial charge on any atom is 0.332 e. The molecule has 0 aliphatic heterocycles. The molecule has 30 heavy (non-hydrogen) atoms. The smallest absolute Gasteiger partial charge is 0.332 e. The van der Waals surface area contributed by atoms with Crippen molar-refractivity contribution in [1.82, 2.24) is 9.13 Å². The molecule has 3 N–H and O–H groups in total. The molecule has 3 aromatic rings. The van der Waals surface area contributed by atoms with Gasteiger partial charge in [0.2, 0.25) is 0 Å². The fourth-order valence-electron chi connectivity index (χ4n) is 3.10. The zero-order valence-electron chi connectivity index (χ0n) is 16.2. The van der Waals surface area contributed by atoms with Crippen molar-refractivity contribution in [2.75, 3.05) is 17.6 Å². The van der Waals surface area contributed by atoms with Gasteiger partial charge in [-0.1, -0.05) is 30.3 Å². The van der Waals surface area contributed by atoms with Gasteiger partial charge in [0.05, 0.1) is 13.1 Å². The van der Waals surface area contributed by atoms with Crippen molar-refractivity contribution in [3.8, 4) is 0 Å². The van der Waals surface area contributed by atoms with E-state index in [1.807, 2.05) is 6.07 Å². The van der Waals surface area contributed by atoms with Crippen molar-refractivity contribution in [1.29, 1.82) is 0 Å². The number of halogens is 2. The Morgan fingerprint density at radius 2 is 1.67 bits per heavy atom. The molecule has 9 heteroatoms. The Morgan fingerprint density at radius 1 is 1.03 bits per heavy atom. The highest BCUT2D eigenvalue weighted by Crippen LogP contribution is 2.14. The Labute approximate surface area is 170 Å². The van der Waals surface area contributed by atoms with Crippen molar-refractivity contribution in [2.45, 2.75) is 20.0 Å². The number of carbonyl (C=O) groups excluding carboxylic acids is 1. The fourth-order valence-corrected chi connectivity index (χ4v) is 3.10. The SMILES string of the molecule is CCn1c(=O)c(C(=O)CNc2cc(F)cc(F)c2)c(N)n(Cc2ccccc2)c1=O. The second-order valence-electron chi connectivity index (χ2n) is 6.60. The molecule has 0 saturated heterocycles. The Morgan fingerprint density at radius 3 is 2.27 bits per heavy atom. The van der Waals surface area contributed by atoms with Crippen LogP contribution in [-0.4, -0.2) is 21.5 Å². The van der Waals surface area contributed by atoms with Gasteiger partial charge in [0.1, 0.15) is 23.0 Å². The van der Waals surface area contributed by atoms with E-state index in [9.17, 15) is 23.2 Å². The highest BCUT2D eigenvalue weighted by Gasteiger charge is 2.22. The third kappa shape index (κ3) is 4.29. The molecule has 3 rings (SSSR count). The Balaban J connectivity index is 1.98. The summed E-state index contributed by atoms with van der Waals surface area (Å²) in [5.41, 5.74) is 5.08. The number of hydrogen-bond donors (Lipinski definition) is 2. The molecular weight excluding hydrogens is 394 g/mol. The van der Waals surface area contributed by atoms with Crippen LogP contribution < -0.4 is 22.3 Å². The lowest BCUT2D eigenvalue weighted by molar-refractivity contribution is 0.100. The van der Waals surface area contributed by atoms with Crippen molar-refractivity contribution < 1.29 is 13.6 Å². The van der Waals surface area contributed by atoms with Crippen LogP contribution in [0.4, 0.5) is 20.3 Å². The van der Waals surface area contributed by atoms with Gasteiger partial charge in [0, 0.05) is 18.3 Å². The van der Waals surface area contributed by atoms with Gasteiger partial charge >= 0.3 is 5.69 Å². The topological polar surface area (TPSA) is 99.1 Å². The molecule has 7 nitrogen and oxygen atoms in total. The molecule has 0 atom stereocenters. The molecule has 0 amide bonds. The summed E-state index contributed by atoms with van der Waals surface area (Å²) in [5.74, 6) is -2.58. The molecule has 156 valence electrons. The Hall–Kier alpha value is -3.75. The second-order valence-corrected chi connectivity index (χ2v) is 6.60. The summed E-state index contributed by atoms with van der Waals surface area (Å²) in [6.07, 6.45) is 0. The number of nitrogen functional groups attached to an aromatic ring is 1. The van der Waals surface area contributed by atoms with Gasteiger partial charge in [-0.05, 0) is 24.6 Å². The predicted octanol–water partition coefficient (Wildman–Crippen LogP) is 2.23. The van der Waals surface area contributed by atoms with Crippen LogP contribution in [0, 0.1) is 11.6 Å². The van der Waals surface area contributed by atoms with Gasteiger partial charge in [0.15, 0.2) is 5.78 Å². The monoisotopic (exact) mass is 414 g/mol. The van der Waals surface area contributed by atoms with Crippen LogP contribution in [-0.2, 0) is 13.1 Å². The number of carbonyl (C=O) groups is 1. The molecule has 0 unspecified atom stereocenters. The van der Waals surface area contributed by atoms with E-state index in [1.165, 1.54) is 0 Å². The molecule has 1 heterocycles. The lowest BCUT2D eigenvalue weighted by Crippen LogP contribution is -2.44. The second kappa shape index (κ2) is 8.73. The minimum absolute atomic E-state index is 0.0350. The number of nitrogens with zero attached hydrogens (tertiary/aromatic N) is 2. The van der Waals surface area contributed by atoms with Gasteiger partial charge < -0.3 is 11.1 Å². The van der Waals surface area contributed by atoms with Crippen LogP contribution in [0.3, 0.4) is 0 Å². The van der Waals surface area contributed by atoms with Gasteiger partial charge in [-0.3, -0.25) is 18.7 Å². The van der Waals surface area contributed by atoms with Crippen LogP contribution in [0.5, 0.6) is 0 Å². The number of nitrogens with two attached hydrogens (primary N) is 1. The first-order valence-corrected chi connectivity index (χ1v) is 9.22. The highest BCUT2D eigenvalue weighted by atomic mass is 19.1. The third-order valence-electron chi connectivity index (χ3n) is 4.56. The Bertz CT molecular complexity index is 1180. The molecule has 0 aliphatic carbocycles. The predicted molar refractivity (Wildman–Crippen MR) is 110 cm³/mol. The molecule has 0 radical (unpaired) electrons. The number of Topliss-reactive ketones (excluding diaryl/α,β-unsaturated/α-hetero) is 1. The zero-order chi connectivity index (χ0) is 21.8. The van der Waals surface area contributed by atoms with Crippen molar-refractivity contribution >= 4 is 17.3 Å².